The van der Waals surface area contributed by atoms with E-state index < -0.39 is 12.0 Å². The number of benzene rings is 1. The monoisotopic (exact) mass is 389 g/mol. The Labute approximate surface area is 164 Å². The first-order valence-corrected chi connectivity index (χ1v) is 8.82. The van der Waals surface area contributed by atoms with Gasteiger partial charge in [0.1, 0.15) is 11.8 Å². The normalized spacial score (nSPS) is 17.8. The second-order valence-corrected chi connectivity index (χ2v) is 6.45. The Morgan fingerprint density at radius 2 is 2.04 bits per heavy atom. The van der Waals surface area contributed by atoms with Crippen molar-refractivity contribution < 1.29 is 19.0 Å². The Morgan fingerprint density at radius 1 is 1.37 bits per heavy atom. The van der Waals surface area contributed by atoms with Crippen LogP contribution >= 0.6 is 12.2 Å². The molecular weight excluding hydrogens is 366 g/mol. The Hall–Kier alpha value is -2.63. The summed E-state index contributed by atoms with van der Waals surface area (Å²) in [6.45, 7) is 4.26. The molecule has 8 heteroatoms. The molecule has 0 unspecified atom stereocenters. The van der Waals surface area contributed by atoms with Gasteiger partial charge in [-0.1, -0.05) is 12.1 Å². The number of nitrogens with zero attached hydrogens (tertiary/aromatic N) is 2. The third-order valence-corrected chi connectivity index (χ3v) is 4.61. The molecule has 1 heterocycles. The van der Waals surface area contributed by atoms with Gasteiger partial charge in [0.25, 0.3) is 0 Å². The highest BCUT2D eigenvalue weighted by Gasteiger charge is 2.36. The molecule has 1 aliphatic rings. The van der Waals surface area contributed by atoms with Gasteiger partial charge in [0, 0.05) is 12.8 Å². The summed E-state index contributed by atoms with van der Waals surface area (Å²) in [4.78, 5) is 14.4. The maximum atomic E-state index is 12.5. The number of hydrogen-bond donors (Lipinski definition) is 1. The molecular formula is C19H23N3O4S. The smallest absolute Gasteiger partial charge is 0.337 e. The predicted molar refractivity (Wildman–Crippen MR) is 104 cm³/mol. The number of esters is 1. The van der Waals surface area contributed by atoms with Crippen molar-refractivity contribution in [2.45, 2.75) is 25.9 Å². The molecule has 0 aliphatic carbocycles. The highest BCUT2D eigenvalue weighted by Crippen LogP contribution is 2.33. The van der Waals surface area contributed by atoms with Gasteiger partial charge in [-0.2, -0.15) is 5.26 Å². The molecule has 0 saturated carbocycles. The Kier molecular flexibility index (Phi) is 7.16. The molecule has 0 saturated heterocycles. The molecule has 0 aromatic heterocycles. The van der Waals surface area contributed by atoms with E-state index in [1.54, 1.807) is 19.2 Å². The molecule has 7 nitrogen and oxygen atoms in total. The molecule has 2 atom stereocenters. The minimum Gasteiger partial charge on any atom is -0.479 e. The summed E-state index contributed by atoms with van der Waals surface area (Å²) in [5, 5.41) is 12.3. The number of methoxy groups -OCH3 is 2. The first-order valence-electron chi connectivity index (χ1n) is 8.42. The molecule has 1 aromatic carbocycles. The minimum absolute atomic E-state index is 0.0239. The highest BCUT2D eigenvalue weighted by atomic mass is 32.1. The van der Waals surface area contributed by atoms with Crippen molar-refractivity contribution in [1.29, 1.82) is 5.26 Å². The lowest BCUT2D eigenvalue weighted by Gasteiger charge is -2.40. The van der Waals surface area contributed by atoms with Gasteiger partial charge in [-0.15, -0.1) is 0 Å². The second kappa shape index (κ2) is 9.35. The first kappa shape index (κ1) is 20.7. The van der Waals surface area contributed by atoms with Crippen LogP contribution in [0.3, 0.4) is 0 Å². The lowest BCUT2D eigenvalue weighted by molar-refractivity contribution is -0.136. The van der Waals surface area contributed by atoms with Gasteiger partial charge >= 0.3 is 5.97 Å². The molecule has 0 amide bonds. The Bertz CT molecular complexity index is 770. The van der Waals surface area contributed by atoms with E-state index in [1.165, 1.54) is 7.11 Å². The number of allylic oxidation sites excluding steroid dienone is 1. The van der Waals surface area contributed by atoms with Crippen LogP contribution in [0.15, 0.2) is 35.5 Å². The van der Waals surface area contributed by atoms with E-state index in [0.717, 1.165) is 11.3 Å². The van der Waals surface area contributed by atoms with Crippen LogP contribution in [-0.2, 0) is 14.3 Å². The number of rotatable bonds is 7. The first-order chi connectivity index (χ1) is 12.9. The Morgan fingerprint density at radius 3 is 2.59 bits per heavy atom. The number of nitrogens with one attached hydrogen (secondary N) is 1. The fraction of sp³-hybridized carbons (Fsp3) is 0.421. The van der Waals surface area contributed by atoms with Crippen LogP contribution in [0.2, 0.25) is 0 Å². The number of hydrogen-bond acceptors (Lipinski definition) is 6. The van der Waals surface area contributed by atoms with E-state index >= 15 is 0 Å². The van der Waals surface area contributed by atoms with E-state index in [9.17, 15) is 4.79 Å². The molecule has 0 fully saturated rings. The van der Waals surface area contributed by atoms with E-state index in [4.69, 9.17) is 31.7 Å². The molecule has 0 spiro atoms. The summed E-state index contributed by atoms with van der Waals surface area (Å²) < 4.78 is 15.5. The largest absolute Gasteiger partial charge is 0.479 e. The highest BCUT2D eigenvalue weighted by molar-refractivity contribution is 7.80. The standard InChI is InChI=1S/C19H23N3O4S/c1-12(11-24-3)22-13(2)16(18(23)25-4)17(21-19(22)27)14-5-7-15(8-6-14)26-10-9-20/h5-8,12,17H,10-11H2,1-4H3,(H,21,27)/t12-,17-/m1/s1. The maximum Gasteiger partial charge on any atom is 0.337 e. The van der Waals surface area contributed by atoms with Gasteiger partial charge in [0.15, 0.2) is 11.7 Å². The summed E-state index contributed by atoms with van der Waals surface area (Å²) in [6.07, 6.45) is 0. The van der Waals surface area contributed by atoms with Crippen LogP contribution in [0, 0.1) is 11.3 Å². The topological polar surface area (TPSA) is 83.8 Å². The third-order valence-electron chi connectivity index (χ3n) is 4.30. The summed E-state index contributed by atoms with van der Waals surface area (Å²) >= 11 is 5.54. The number of nitriles is 1. The average Bonchev–Trinajstić information content (AvgIpc) is 2.66. The molecule has 2 rings (SSSR count). The van der Waals surface area contributed by atoms with E-state index in [-0.39, 0.29) is 12.6 Å². The fourth-order valence-electron chi connectivity index (χ4n) is 3.10. The molecule has 0 bridgehead atoms. The molecule has 27 heavy (non-hydrogen) atoms. The molecule has 1 N–H and O–H groups in total. The third kappa shape index (κ3) is 4.56. The van der Waals surface area contributed by atoms with Crippen molar-refractivity contribution in [1.82, 2.24) is 10.2 Å². The zero-order valence-electron chi connectivity index (χ0n) is 15.8. The van der Waals surface area contributed by atoms with Crippen molar-refractivity contribution in [2.75, 3.05) is 27.4 Å². The summed E-state index contributed by atoms with van der Waals surface area (Å²) in [5.74, 6) is 0.154. The van der Waals surface area contributed by atoms with E-state index in [0.29, 0.717) is 23.0 Å². The molecule has 0 radical (unpaired) electrons. The van der Waals surface area contributed by atoms with Gasteiger partial charge in [0.05, 0.1) is 31.4 Å². The lowest BCUT2D eigenvalue weighted by Crippen LogP contribution is -2.52. The lowest BCUT2D eigenvalue weighted by atomic mass is 9.94. The zero-order chi connectivity index (χ0) is 20.0. The average molecular weight is 389 g/mol. The summed E-state index contributed by atoms with van der Waals surface area (Å²) in [6, 6.07) is 8.60. The van der Waals surface area contributed by atoms with Crippen molar-refractivity contribution in [2.24, 2.45) is 0 Å². The molecule has 144 valence electrons. The predicted octanol–water partition coefficient (Wildman–Crippen LogP) is 2.30. The van der Waals surface area contributed by atoms with Crippen molar-refractivity contribution in [3.8, 4) is 11.8 Å². The van der Waals surface area contributed by atoms with Crippen molar-refractivity contribution in [3.63, 3.8) is 0 Å². The molecule has 1 aliphatic heterocycles. The van der Waals surface area contributed by atoms with E-state index in [1.807, 2.05) is 36.9 Å². The quantitative estimate of drug-likeness (QED) is 0.562. The maximum absolute atomic E-state index is 12.5. The van der Waals surface area contributed by atoms with E-state index in [2.05, 4.69) is 5.32 Å². The van der Waals surface area contributed by atoms with Crippen LogP contribution in [0.1, 0.15) is 25.5 Å². The minimum atomic E-state index is -0.444. The fourth-order valence-corrected chi connectivity index (χ4v) is 3.53. The van der Waals surface area contributed by atoms with Gasteiger partial charge in [-0.3, -0.25) is 0 Å². The van der Waals surface area contributed by atoms with Crippen molar-refractivity contribution >= 4 is 23.3 Å². The van der Waals surface area contributed by atoms with Gasteiger partial charge < -0.3 is 24.4 Å². The number of carbonyl (C=O) groups is 1. The van der Waals surface area contributed by atoms with Gasteiger partial charge in [0.2, 0.25) is 0 Å². The van der Waals surface area contributed by atoms with Crippen LogP contribution < -0.4 is 10.1 Å². The Balaban J connectivity index is 2.42. The van der Waals surface area contributed by atoms with Crippen LogP contribution in [-0.4, -0.2) is 49.5 Å². The number of carbonyl (C=O) groups excluding carboxylic acids is 1. The zero-order valence-corrected chi connectivity index (χ0v) is 16.6. The second-order valence-electron chi connectivity index (χ2n) is 6.06. The van der Waals surface area contributed by atoms with Crippen molar-refractivity contribution in [3.05, 3.63) is 41.1 Å². The van der Waals surface area contributed by atoms with Crippen LogP contribution in [0.25, 0.3) is 0 Å². The SMILES string of the molecule is COC[C@@H](C)N1C(=S)N[C@H](c2ccc(OCC#N)cc2)C(C(=O)OC)=C1C. The van der Waals surface area contributed by atoms with Gasteiger partial charge in [-0.25, -0.2) is 4.79 Å². The number of thiocarbonyl (C=S) groups is 1. The summed E-state index contributed by atoms with van der Waals surface area (Å²) in [7, 11) is 2.98. The van der Waals surface area contributed by atoms with Crippen LogP contribution in [0.4, 0.5) is 0 Å². The number of ether oxygens (including phenoxy) is 3. The summed E-state index contributed by atoms with van der Waals surface area (Å²) in [5.41, 5.74) is 2.05. The molecule has 1 aromatic rings. The van der Waals surface area contributed by atoms with Crippen LogP contribution in [0.5, 0.6) is 5.75 Å². The van der Waals surface area contributed by atoms with Gasteiger partial charge in [-0.05, 0) is 43.8 Å².